The minimum Gasteiger partial charge on any atom is -0.384 e. The average Bonchev–Trinajstić information content (AvgIpc) is 3.04. The smallest absolute Gasteiger partial charge is 0.254 e. The number of anilines is 1. The van der Waals surface area contributed by atoms with Crippen molar-refractivity contribution in [2.24, 2.45) is 0 Å². The highest BCUT2D eigenvalue weighted by Crippen LogP contribution is 2.25. The standard InChI is InChI=1S/C15H20N2O2/c1-10-14(6-8-19-10)17(2)15(18)12-4-3-11-5-7-16-13(11)9-12/h3-4,9-10,14,16H,5-8H2,1-2H3. The maximum absolute atomic E-state index is 12.5. The van der Waals surface area contributed by atoms with Gasteiger partial charge in [-0.25, -0.2) is 0 Å². The second kappa shape index (κ2) is 4.85. The van der Waals surface area contributed by atoms with Crippen molar-refractivity contribution in [3.63, 3.8) is 0 Å². The summed E-state index contributed by atoms with van der Waals surface area (Å²) in [7, 11) is 1.87. The third-order valence-electron chi connectivity index (χ3n) is 4.22. The summed E-state index contributed by atoms with van der Waals surface area (Å²) in [6, 6.07) is 6.16. The maximum Gasteiger partial charge on any atom is 0.254 e. The van der Waals surface area contributed by atoms with E-state index in [0.717, 1.165) is 37.2 Å². The van der Waals surface area contributed by atoms with Crippen molar-refractivity contribution >= 4 is 11.6 Å². The van der Waals surface area contributed by atoms with Gasteiger partial charge in [0.2, 0.25) is 0 Å². The van der Waals surface area contributed by atoms with Gasteiger partial charge in [-0.2, -0.15) is 0 Å². The van der Waals surface area contributed by atoms with Crippen LogP contribution in [0.5, 0.6) is 0 Å². The highest BCUT2D eigenvalue weighted by Gasteiger charge is 2.31. The lowest BCUT2D eigenvalue weighted by atomic mass is 10.1. The summed E-state index contributed by atoms with van der Waals surface area (Å²) in [6.07, 6.45) is 2.10. The highest BCUT2D eigenvalue weighted by atomic mass is 16.5. The van der Waals surface area contributed by atoms with Gasteiger partial charge in [-0.05, 0) is 37.5 Å². The largest absolute Gasteiger partial charge is 0.384 e. The molecule has 19 heavy (non-hydrogen) atoms. The SMILES string of the molecule is CC1OCCC1N(C)C(=O)c1ccc2c(c1)NCC2. The average molecular weight is 260 g/mol. The fourth-order valence-corrected chi connectivity index (χ4v) is 3.01. The molecule has 4 nitrogen and oxygen atoms in total. The number of likely N-dealkylation sites (N-methyl/N-ethyl adjacent to an activating group) is 1. The van der Waals surface area contributed by atoms with Gasteiger partial charge in [-0.1, -0.05) is 6.07 Å². The predicted molar refractivity (Wildman–Crippen MR) is 74.5 cm³/mol. The topological polar surface area (TPSA) is 41.6 Å². The molecular formula is C15H20N2O2. The maximum atomic E-state index is 12.5. The van der Waals surface area contributed by atoms with Crippen molar-refractivity contribution in [1.29, 1.82) is 0 Å². The van der Waals surface area contributed by atoms with Crippen LogP contribution in [0, 0.1) is 0 Å². The molecule has 1 aromatic carbocycles. The number of hydrogen-bond donors (Lipinski definition) is 1. The number of hydrogen-bond acceptors (Lipinski definition) is 3. The summed E-state index contributed by atoms with van der Waals surface area (Å²) in [5, 5.41) is 3.32. The van der Waals surface area contributed by atoms with E-state index in [1.54, 1.807) is 0 Å². The summed E-state index contributed by atoms with van der Waals surface area (Å²) >= 11 is 0. The Kier molecular flexibility index (Phi) is 3.19. The van der Waals surface area contributed by atoms with Crippen molar-refractivity contribution in [3.05, 3.63) is 29.3 Å². The van der Waals surface area contributed by atoms with Gasteiger partial charge in [-0.3, -0.25) is 4.79 Å². The van der Waals surface area contributed by atoms with Gasteiger partial charge in [0.25, 0.3) is 5.91 Å². The van der Waals surface area contributed by atoms with Gasteiger partial charge < -0.3 is 15.0 Å². The molecule has 102 valence electrons. The van der Waals surface area contributed by atoms with Crippen LogP contribution in [0.4, 0.5) is 5.69 Å². The normalized spacial score (nSPS) is 24.9. The van der Waals surface area contributed by atoms with E-state index in [-0.39, 0.29) is 18.1 Å². The molecule has 2 heterocycles. The van der Waals surface area contributed by atoms with E-state index in [2.05, 4.69) is 11.4 Å². The van der Waals surface area contributed by atoms with Gasteiger partial charge in [0, 0.05) is 31.5 Å². The van der Waals surface area contributed by atoms with Crippen LogP contribution in [0.15, 0.2) is 18.2 Å². The van der Waals surface area contributed by atoms with Crippen LogP contribution in [-0.2, 0) is 11.2 Å². The van der Waals surface area contributed by atoms with E-state index < -0.39 is 0 Å². The Balaban J connectivity index is 1.79. The fraction of sp³-hybridized carbons (Fsp3) is 0.533. The summed E-state index contributed by atoms with van der Waals surface area (Å²) in [5.74, 6) is 0.0823. The highest BCUT2D eigenvalue weighted by molar-refractivity contribution is 5.95. The molecule has 1 N–H and O–H groups in total. The Morgan fingerprint density at radius 2 is 2.32 bits per heavy atom. The van der Waals surface area contributed by atoms with Crippen LogP contribution in [0.1, 0.15) is 29.3 Å². The first-order chi connectivity index (χ1) is 9.16. The first-order valence-corrected chi connectivity index (χ1v) is 6.92. The van der Waals surface area contributed by atoms with Crippen LogP contribution < -0.4 is 5.32 Å². The number of benzene rings is 1. The van der Waals surface area contributed by atoms with Gasteiger partial charge >= 0.3 is 0 Å². The van der Waals surface area contributed by atoms with Crippen LogP contribution in [0.25, 0.3) is 0 Å². The molecule has 0 radical (unpaired) electrons. The van der Waals surface area contributed by atoms with E-state index in [1.165, 1.54) is 5.56 Å². The van der Waals surface area contributed by atoms with E-state index in [0.29, 0.717) is 0 Å². The number of nitrogens with zero attached hydrogens (tertiary/aromatic N) is 1. The minimum absolute atomic E-state index is 0.0823. The third kappa shape index (κ3) is 2.21. The van der Waals surface area contributed by atoms with Crippen LogP contribution >= 0.6 is 0 Å². The molecule has 2 unspecified atom stereocenters. The molecular weight excluding hydrogens is 240 g/mol. The van der Waals surface area contributed by atoms with Crippen LogP contribution in [-0.4, -0.2) is 43.2 Å². The summed E-state index contributed by atoms with van der Waals surface area (Å²) in [4.78, 5) is 14.3. The van der Waals surface area contributed by atoms with Crippen molar-refractivity contribution in [3.8, 4) is 0 Å². The molecule has 4 heteroatoms. The van der Waals surface area contributed by atoms with E-state index in [4.69, 9.17) is 4.74 Å². The van der Waals surface area contributed by atoms with Gasteiger partial charge in [0.05, 0.1) is 12.1 Å². The van der Waals surface area contributed by atoms with Gasteiger partial charge in [0.15, 0.2) is 0 Å². The monoisotopic (exact) mass is 260 g/mol. The Labute approximate surface area is 113 Å². The molecule has 1 amide bonds. The molecule has 0 bridgehead atoms. The summed E-state index contributed by atoms with van der Waals surface area (Å²) in [6.45, 7) is 3.75. The molecule has 1 fully saturated rings. The van der Waals surface area contributed by atoms with Crippen molar-refractivity contribution in [1.82, 2.24) is 4.90 Å². The molecule has 0 aliphatic carbocycles. The first-order valence-electron chi connectivity index (χ1n) is 6.92. The molecule has 2 aliphatic rings. The summed E-state index contributed by atoms with van der Waals surface area (Å²) in [5.41, 5.74) is 3.17. The molecule has 1 saturated heterocycles. The Morgan fingerprint density at radius 1 is 1.47 bits per heavy atom. The van der Waals surface area contributed by atoms with Crippen molar-refractivity contribution in [2.75, 3.05) is 25.5 Å². The van der Waals surface area contributed by atoms with E-state index in [9.17, 15) is 4.79 Å². The van der Waals surface area contributed by atoms with Crippen LogP contribution in [0.3, 0.4) is 0 Å². The number of carbonyl (C=O) groups is 1. The zero-order valence-corrected chi connectivity index (χ0v) is 11.5. The lowest BCUT2D eigenvalue weighted by molar-refractivity contribution is 0.0574. The Bertz CT molecular complexity index is 501. The molecule has 0 spiro atoms. The first kappa shape index (κ1) is 12.5. The third-order valence-corrected chi connectivity index (χ3v) is 4.22. The van der Waals surface area contributed by atoms with E-state index >= 15 is 0 Å². The molecule has 2 aliphatic heterocycles. The second-order valence-corrected chi connectivity index (χ2v) is 5.40. The summed E-state index contributed by atoms with van der Waals surface area (Å²) < 4.78 is 5.54. The zero-order chi connectivity index (χ0) is 13.4. The van der Waals surface area contributed by atoms with Crippen LogP contribution in [0.2, 0.25) is 0 Å². The fourth-order valence-electron chi connectivity index (χ4n) is 3.01. The molecule has 2 atom stereocenters. The lowest BCUT2D eigenvalue weighted by Gasteiger charge is -2.27. The quantitative estimate of drug-likeness (QED) is 0.883. The zero-order valence-electron chi connectivity index (χ0n) is 11.5. The van der Waals surface area contributed by atoms with Gasteiger partial charge in [-0.15, -0.1) is 0 Å². The number of fused-ring (bicyclic) bond motifs is 1. The minimum atomic E-state index is 0.0823. The number of nitrogens with one attached hydrogen (secondary N) is 1. The second-order valence-electron chi connectivity index (χ2n) is 5.40. The molecule has 0 aromatic heterocycles. The Morgan fingerprint density at radius 3 is 3.05 bits per heavy atom. The number of ether oxygens (including phenoxy) is 1. The van der Waals surface area contributed by atoms with Crippen molar-refractivity contribution < 1.29 is 9.53 Å². The van der Waals surface area contributed by atoms with Gasteiger partial charge in [0.1, 0.15) is 0 Å². The Hall–Kier alpha value is -1.55. The number of carbonyl (C=O) groups excluding carboxylic acids is 1. The molecule has 0 saturated carbocycles. The predicted octanol–water partition coefficient (Wildman–Crippen LogP) is 1.90. The lowest BCUT2D eigenvalue weighted by Crippen LogP contribution is -2.41. The molecule has 1 aromatic rings. The van der Waals surface area contributed by atoms with E-state index in [1.807, 2.05) is 31.0 Å². The number of rotatable bonds is 2. The number of amides is 1. The van der Waals surface area contributed by atoms with Crippen molar-refractivity contribution in [2.45, 2.75) is 31.9 Å². The molecule has 3 rings (SSSR count).